The predicted octanol–water partition coefficient (Wildman–Crippen LogP) is 2.76. The van der Waals surface area contributed by atoms with Crippen LogP contribution in [0.25, 0.3) is 10.9 Å². The number of benzene rings is 1. The molecule has 2 heterocycles. The van der Waals surface area contributed by atoms with Gasteiger partial charge in [0, 0.05) is 29.5 Å². The minimum atomic E-state index is -1.04. The molecule has 0 amide bonds. The van der Waals surface area contributed by atoms with Crippen molar-refractivity contribution < 1.29 is 9.90 Å². The highest BCUT2D eigenvalue weighted by atomic mass is 16.4. The fraction of sp³-hybridized carbons (Fsp3) is 0. The van der Waals surface area contributed by atoms with Gasteiger partial charge in [0.15, 0.2) is 0 Å². The summed E-state index contributed by atoms with van der Waals surface area (Å²) in [4.78, 5) is 14.9. The number of hydrogen-bond acceptors (Lipinski definition) is 5. The van der Waals surface area contributed by atoms with Crippen LogP contribution in [-0.4, -0.2) is 20.8 Å². The van der Waals surface area contributed by atoms with Gasteiger partial charge in [-0.15, -0.1) is 0 Å². The Balaban J connectivity index is 2.00. The minimum absolute atomic E-state index is 0.305. The maximum Gasteiger partial charge on any atom is 0.415 e. The third-order valence-corrected chi connectivity index (χ3v) is 3.22. The summed E-state index contributed by atoms with van der Waals surface area (Å²) in [6, 6.07) is 10.6. The molecule has 22 heavy (non-hydrogen) atoms. The summed E-state index contributed by atoms with van der Waals surface area (Å²) in [5.74, 6) is 0.305. The van der Waals surface area contributed by atoms with Crippen LogP contribution in [0.4, 0.5) is 22.0 Å². The monoisotopic (exact) mass is 293 g/mol. The van der Waals surface area contributed by atoms with Crippen LogP contribution in [0.1, 0.15) is 5.56 Å². The summed E-state index contributed by atoms with van der Waals surface area (Å²) in [5, 5.41) is 22.0. The van der Waals surface area contributed by atoms with E-state index in [9.17, 15) is 4.79 Å². The van der Waals surface area contributed by atoms with Crippen LogP contribution < -0.4 is 11.1 Å². The lowest BCUT2D eigenvalue weighted by atomic mass is 10.2. The largest absolute Gasteiger partial charge is 0.464 e. The summed E-state index contributed by atoms with van der Waals surface area (Å²) >= 11 is 0. The van der Waals surface area contributed by atoms with E-state index in [2.05, 4.69) is 10.3 Å². The molecule has 0 fully saturated rings. The zero-order valence-corrected chi connectivity index (χ0v) is 11.3. The Hall–Kier alpha value is -3.53. The first-order valence-electron chi connectivity index (χ1n) is 6.35. The molecular formula is C15H11N5O2. The van der Waals surface area contributed by atoms with Crippen molar-refractivity contribution in [1.29, 1.82) is 5.26 Å². The van der Waals surface area contributed by atoms with Crippen molar-refractivity contribution in [2.75, 3.05) is 11.1 Å². The molecule has 7 nitrogen and oxygen atoms in total. The molecule has 3 aromatic rings. The third-order valence-electron chi connectivity index (χ3n) is 3.22. The molecule has 0 aliphatic heterocycles. The molecule has 0 atom stereocenters. The molecule has 0 bridgehead atoms. The normalized spacial score (nSPS) is 10.3. The van der Waals surface area contributed by atoms with Crippen LogP contribution in [-0.2, 0) is 0 Å². The Morgan fingerprint density at radius 3 is 2.91 bits per heavy atom. The van der Waals surface area contributed by atoms with Gasteiger partial charge in [-0.2, -0.15) is 5.26 Å². The van der Waals surface area contributed by atoms with Crippen LogP contribution >= 0.6 is 0 Å². The predicted molar refractivity (Wildman–Crippen MR) is 82.0 cm³/mol. The van der Waals surface area contributed by atoms with E-state index in [-0.39, 0.29) is 0 Å². The van der Waals surface area contributed by atoms with E-state index in [1.54, 1.807) is 30.3 Å². The van der Waals surface area contributed by atoms with Crippen molar-refractivity contribution in [3.63, 3.8) is 0 Å². The van der Waals surface area contributed by atoms with Crippen LogP contribution in [0.5, 0.6) is 0 Å². The highest BCUT2D eigenvalue weighted by molar-refractivity contribution is 5.91. The summed E-state index contributed by atoms with van der Waals surface area (Å²) in [5.41, 5.74) is 7.87. The Bertz CT molecular complexity index is 923. The molecular weight excluding hydrogens is 282 g/mol. The van der Waals surface area contributed by atoms with E-state index in [1.165, 1.54) is 12.4 Å². The van der Waals surface area contributed by atoms with Crippen molar-refractivity contribution in [3.8, 4) is 6.07 Å². The number of pyridine rings is 1. The number of carboxylic acid groups (broad SMARTS) is 1. The third kappa shape index (κ3) is 2.29. The van der Waals surface area contributed by atoms with Gasteiger partial charge in [0.1, 0.15) is 11.9 Å². The number of nitriles is 1. The first-order chi connectivity index (χ1) is 10.6. The maximum absolute atomic E-state index is 11.1. The van der Waals surface area contributed by atoms with Gasteiger partial charge in [0.2, 0.25) is 0 Å². The smallest absolute Gasteiger partial charge is 0.415 e. The number of anilines is 3. The van der Waals surface area contributed by atoms with Gasteiger partial charge in [0.25, 0.3) is 0 Å². The second kappa shape index (κ2) is 5.10. The molecule has 0 radical (unpaired) electrons. The Kier molecular flexibility index (Phi) is 3.12. The first kappa shape index (κ1) is 13.5. The number of aromatic nitrogens is 2. The zero-order valence-electron chi connectivity index (χ0n) is 11.3. The summed E-state index contributed by atoms with van der Waals surface area (Å²) in [6.07, 6.45) is 1.85. The number of nitrogens with zero attached hydrogens (tertiary/aromatic N) is 3. The van der Waals surface area contributed by atoms with E-state index < -0.39 is 6.09 Å². The van der Waals surface area contributed by atoms with Crippen LogP contribution in [0.15, 0.2) is 42.7 Å². The number of fused-ring (bicyclic) bond motifs is 1. The van der Waals surface area contributed by atoms with Gasteiger partial charge in [0.05, 0.1) is 16.8 Å². The molecule has 0 saturated heterocycles. The highest BCUT2D eigenvalue weighted by Gasteiger charge is 2.08. The molecule has 0 unspecified atom stereocenters. The lowest BCUT2D eigenvalue weighted by Gasteiger charge is -2.09. The van der Waals surface area contributed by atoms with E-state index in [1.807, 2.05) is 6.07 Å². The first-order valence-corrected chi connectivity index (χ1v) is 6.35. The molecule has 4 N–H and O–H groups in total. The van der Waals surface area contributed by atoms with E-state index >= 15 is 0 Å². The zero-order chi connectivity index (χ0) is 15.7. The maximum atomic E-state index is 11.1. The molecule has 3 rings (SSSR count). The van der Waals surface area contributed by atoms with Crippen LogP contribution in [0.2, 0.25) is 0 Å². The number of hydrogen-bond donors (Lipinski definition) is 3. The second-order valence-corrected chi connectivity index (χ2v) is 4.63. The number of nitrogens with one attached hydrogen (secondary N) is 1. The molecule has 1 aromatic carbocycles. The number of rotatable bonds is 2. The van der Waals surface area contributed by atoms with Gasteiger partial charge in [-0.05, 0) is 24.3 Å². The van der Waals surface area contributed by atoms with Crippen molar-refractivity contribution in [2.24, 2.45) is 0 Å². The number of carbonyl (C=O) groups is 1. The van der Waals surface area contributed by atoms with Gasteiger partial charge < -0.3 is 16.2 Å². The summed E-state index contributed by atoms with van der Waals surface area (Å²) < 4.78 is 1.14. The second-order valence-electron chi connectivity index (χ2n) is 4.63. The summed E-state index contributed by atoms with van der Waals surface area (Å²) in [7, 11) is 0. The van der Waals surface area contributed by atoms with Crippen molar-refractivity contribution in [1.82, 2.24) is 9.55 Å². The van der Waals surface area contributed by atoms with Crippen LogP contribution in [0, 0.1) is 11.3 Å². The fourth-order valence-corrected chi connectivity index (χ4v) is 2.21. The van der Waals surface area contributed by atoms with E-state index in [4.69, 9.17) is 16.1 Å². The highest BCUT2D eigenvalue weighted by Crippen LogP contribution is 2.25. The average Bonchev–Trinajstić information content (AvgIpc) is 2.91. The molecule has 108 valence electrons. The van der Waals surface area contributed by atoms with E-state index in [0.717, 1.165) is 15.6 Å². The van der Waals surface area contributed by atoms with Crippen molar-refractivity contribution in [2.45, 2.75) is 0 Å². The molecule has 0 aliphatic rings. The van der Waals surface area contributed by atoms with Gasteiger partial charge in [-0.3, -0.25) is 4.57 Å². The quantitative estimate of drug-likeness (QED) is 0.668. The Morgan fingerprint density at radius 2 is 2.18 bits per heavy atom. The standard InChI is InChI=1S/C15H11N5O2/c16-7-10-8-18-14(17)6-12(10)19-11-1-2-13-9(5-11)3-4-20(13)15(21)22/h1-6,8H,(H,21,22)(H3,17,18,19). The SMILES string of the molecule is N#Cc1cnc(N)cc1Nc1ccc2c(ccn2C(=O)O)c1. The van der Waals surface area contributed by atoms with E-state index in [0.29, 0.717) is 22.6 Å². The summed E-state index contributed by atoms with van der Waals surface area (Å²) in [6.45, 7) is 0. The van der Waals surface area contributed by atoms with Gasteiger partial charge in [-0.1, -0.05) is 0 Å². The lowest BCUT2D eigenvalue weighted by Crippen LogP contribution is -2.05. The van der Waals surface area contributed by atoms with Crippen molar-refractivity contribution in [3.05, 3.63) is 48.3 Å². The molecule has 0 aliphatic carbocycles. The van der Waals surface area contributed by atoms with Gasteiger partial charge >= 0.3 is 6.09 Å². The number of nitrogens with two attached hydrogens (primary N) is 1. The molecule has 2 aromatic heterocycles. The lowest BCUT2D eigenvalue weighted by molar-refractivity contribution is 0.197. The topological polar surface area (TPSA) is 117 Å². The minimum Gasteiger partial charge on any atom is -0.464 e. The van der Waals surface area contributed by atoms with Crippen molar-refractivity contribution >= 4 is 34.2 Å². The Labute approximate surface area is 125 Å². The average molecular weight is 293 g/mol. The Morgan fingerprint density at radius 1 is 1.36 bits per heavy atom. The van der Waals surface area contributed by atoms with Crippen LogP contribution in [0.3, 0.4) is 0 Å². The fourth-order valence-electron chi connectivity index (χ4n) is 2.21. The van der Waals surface area contributed by atoms with Gasteiger partial charge in [-0.25, -0.2) is 9.78 Å². The number of nitrogen functional groups attached to an aromatic ring is 1. The molecule has 7 heteroatoms. The molecule has 0 spiro atoms. The molecule has 0 saturated carbocycles.